The van der Waals surface area contributed by atoms with Gasteiger partial charge in [-0.05, 0) is 23.6 Å². The van der Waals surface area contributed by atoms with E-state index in [1.807, 2.05) is 52.7 Å². The second-order valence-corrected chi connectivity index (χ2v) is 6.79. The molecule has 0 spiro atoms. The first-order chi connectivity index (χ1) is 11.7. The van der Waals surface area contributed by atoms with Crippen LogP contribution in [0.5, 0.6) is 5.75 Å². The number of aliphatic hydroxyl groups excluding tert-OH is 1. The molecule has 3 rings (SSSR count). The fourth-order valence-electron chi connectivity index (χ4n) is 2.75. The van der Waals surface area contributed by atoms with Gasteiger partial charge in [0.15, 0.2) is 6.61 Å². The summed E-state index contributed by atoms with van der Waals surface area (Å²) in [6.45, 7) is 3.59. The number of β-amino-alcohol motifs (C(OH)–C–C–N with tert-alkyl or cyclic N) is 1. The van der Waals surface area contributed by atoms with E-state index in [4.69, 9.17) is 4.74 Å². The second-order valence-electron chi connectivity index (χ2n) is 5.81. The van der Waals surface area contributed by atoms with Crippen molar-refractivity contribution in [2.24, 2.45) is 0 Å². The Morgan fingerprint density at radius 2 is 1.84 bits per heavy atom. The van der Waals surface area contributed by atoms with Crippen LogP contribution in [-0.2, 0) is 4.79 Å². The number of carbonyl (C=O) groups excluding carboxylic acids is 1. The molecule has 1 aromatic carbocycles. The molecule has 2 aromatic rings. The topological polar surface area (TPSA) is 53.0 Å². The molecule has 1 amide bonds. The van der Waals surface area contributed by atoms with Gasteiger partial charge in [0.05, 0.1) is 0 Å². The average molecular weight is 383 g/mol. The zero-order chi connectivity index (χ0) is 16.8. The third kappa shape index (κ3) is 5.71. The molecule has 1 saturated heterocycles. The number of thiophene rings is 1. The van der Waals surface area contributed by atoms with Crippen molar-refractivity contribution in [1.29, 1.82) is 0 Å². The molecule has 1 aliphatic rings. The number of nitrogens with zero attached hydrogens (tertiary/aromatic N) is 2. The lowest BCUT2D eigenvalue weighted by molar-refractivity contribution is -0.135. The summed E-state index contributed by atoms with van der Waals surface area (Å²) in [5.74, 6) is 0.723. The third-order valence-electron chi connectivity index (χ3n) is 4.13. The van der Waals surface area contributed by atoms with E-state index in [0.717, 1.165) is 18.0 Å². The van der Waals surface area contributed by atoms with E-state index < -0.39 is 6.10 Å². The van der Waals surface area contributed by atoms with Crippen LogP contribution in [0.4, 0.5) is 0 Å². The number of carbonyl (C=O) groups is 1. The molecule has 2 heterocycles. The van der Waals surface area contributed by atoms with Crippen molar-refractivity contribution in [2.75, 3.05) is 39.3 Å². The summed E-state index contributed by atoms with van der Waals surface area (Å²) >= 11 is 1.57. The molecule has 1 unspecified atom stereocenters. The number of hydrogen-bond donors (Lipinski definition) is 1. The van der Waals surface area contributed by atoms with E-state index in [9.17, 15) is 9.90 Å². The highest BCUT2D eigenvalue weighted by Gasteiger charge is 2.23. The molecule has 25 heavy (non-hydrogen) atoms. The maximum atomic E-state index is 12.2. The first-order valence-corrected chi connectivity index (χ1v) is 9.00. The highest BCUT2D eigenvalue weighted by molar-refractivity contribution is 7.10. The number of amides is 1. The van der Waals surface area contributed by atoms with Crippen molar-refractivity contribution in [2.45, 2.75) is 6.10 Å². The van der Waals surface area contributed by atoms with Crippen LogP contribution in [0.15, 0.2) is 47.8 Å². The molecule has 0 saturated carbocycles. The summed E-state index contributed by atoms with van der Waals surface area (Å²) in [5, 5.41) is 12.2. The predicted molar refractivity (Wildman–Crippen MR) is 101 cm³/mol. The van der Waals surface area contributed by atoms with Crippen LogP contribution >= 0.6 is 23.7 Å². The van der Waals surface area contributed by atoms with Gasteiger partial charge >= 0.3 is 0 Å². The van der Waals surface area contributed by atoms with Gasteiger partial charge in [0.1, 0.15) is 11.9 Å². The van der Waals surface area contributed by atoms with Crippen LogP contribution in [0.25, 0.3) is 0 Å². The van der Waals surface area contributed by atoms with Crippen LogP contribution in [0.3, 0.4) is 0 Å². The summed E-state index contributed by atoms with van der Waals surface area (Å²) in [6, 6.07) is 13.3. The Morgan fingerprint density at radius 1 is 1.12 bits per heavy atom. The lowest BCUT2D eigenvalue weighted by Crippen LogP contribution is -2.50. The smallest absolute Gasteiger partial charge is 0.260 e. The minimum Gasteiger partial charge on any atom is -0.484 e. The maximum Gasteiger partial charge on any atom is 0.260 e. The molecule has 0 radical (unpaired) electrons. The Balaban J connectivity index is 0.00000225. The predicted octanol–water partition coefficient (Wildman–Crippen LogP) is 2.43. The molecule has 1 aromatic heterocycles. The monoisotopic (exact) mass is 382 g/mol. The molecular formula is C18H23ClN2O3S. The average Bonchev–Trinajstić information content (AvgIpc) is 3.16. The van der Waals surface area contributed by atoms with E-state index in [-0.39, 0.29) is 24.9 Å². The minimum atomic E-state index is -0.450. The van der Waals surface area contributed by atoms with Gasteiger partial charge in [-0.1, -0.05) is 24.3 Å². The van der Waals surface area contributed by atoms with Gasteiger partial charge in [0.2, 0.25) is 0 Å². The van der Waals surface area contributed by atoms with Gasteiger partial charge in [-0.25, -0.2) is 0 Å². The van der Waals surface area contributed by atoms with Crippen molar-refractivity contribution in [1.82, 2.24) is 9.80 Å². The SMILES string of the molecule is Cl.O=C(COc1ccccc1)N1CCN(CC(O)c2cccs2)CC1. The van der Waals surface area contributed by atoms with Crippen molar-refractivity contribution in [3.63, 3.8) is 0 Å². The Morgan fingerprint density at radius 3 is 2.48 bits per heavy atom. The Kier molecular flexibility index (Phi) is 7.71. The Bertz CT molecular complexity index is 631. The number of ether oxygens (including phenoxy) is 1. The van der Waals surface area contributed by atoms with E-state index >= 15 is 0 Å². The summed E-state index contributed by atoms with van der Waals surface area (Å²) in [7, 11) is 0. The van der Waals surface area contributed by atoms with Gasteiger partial charge in [-0.15, -0.1) is 23.7 Å². The molecule has 0 aliphatic carbocycles. The van der Waals surface area contributed by atoms with E-state index in [2.05, 4.69) is 4.90 Å². The van der Waals surface area contributed by atoms with E-state index in [1.54, 1.807) is 11.3 Å². The van der Waals surface area contributed by atoms with Crippen LogP contribution < -0.4 is 4.74 Å². The van der Waals surface area contributed by atoms with Crippen LogP contribution in [0.1, 0.15) is 11.0 Å². The lowest BCUT2D eigenvalue weighted by atomic mass is 10.2. The summed E-state index contributed by atoms with van der Waals surface area (Å²) < 4.78 is 5.52. The van der Waals surface area contributed by atoms with Crippen molar-refractivity contribution in [3.8, 4) is 5.75 Å². The highest BCUT2D eigenvalue weighted by atomic mass is 35.5. The first-order valence-electron chi connectivity index (χ1n) is 8.12. The molecule has 1 fully saturated rings. The first kappa shape index (κ1) is 19.7. The number of para-hydroxylation sites is 1. The molecule has 5 nitrogen and oxygen atoms in total. The zero-order valence-electron chi connectivity index (χ0n) is 13.9. The van der Waals surface area contributed by atoms with Gasteiger partial charge in [-0.3, -0.25) is 9.69 Å². The largest absolute Gasteiger partial charge is 0.484 e. The fraction of sp³-hybridized carbons (Fsp3) is 0.389. The van der Waals surface area contributed by atoms with E-state index in [1.165, 1.54) is 0 Å². The number of piperazine rings is 1. The van der Waals surface area contributed by atoms with Gasteiger partial charge in [-0.2, -0.15) is 0 Å². The van der Waals surface area contributed by atoms with Gasteiger partial charge in [0.25, 0.3) is 5.91 Å². The molecular weight excluding hydrogens is 360 g/mol. The summed E-state index contributed by atoms with van der Waals surface area (Å²) in [5.41, 5.74) is 0. The Hall–Kier alpha value is -1.60. The Labute approximate surface area is 158 Å². The van der Waals surface area contributed by atoms with Crippen LogP contribution in [0, 0.1) is 0 Å². The summed E-state index contributed by atoms with van der Waals surface area (Å²) in [4.78, 5) is 17.2. The minimum absolute atomic E-state index is 0. The molecule has 136 valence electrons. The van der Waals surface area contributed by atoms with Crippen molar-refractivity contribution < 1.29 is 14.6 Å². The van der Waals surface area contributed by atoms with Crippen LogP contribution in [0.2, 0.25) is 0 Å². The molecule has 1 atom stereocenters. The number of aliphatic hydroxyl groups is 1. The standard InChI is InChI=1S/C18H22N2O3S.ClH/c21-16(17-7-4-12-24-17)13-19-8-10-20(11-9-19)18(22)14-23-15-5-2-1-3-6-15;/h1-7,12,16,21H,8-11,13-14H2;1H. The zero-order valence-corrected chi connectivity index (χ0v) is 15.5. The van der Waals surface area contributed by atoms with Crippen molar-refractivity contribution >= 4 is 29.7 Å². The summed E-state index contributed by atoms with van der Waals surface area (Å²) in [6.07, 6.45) is -0.450. The third-order valence-corrected chi connectivity index (χ3v) is 5.11. The quantitative estimate of drug-likeness (QED) is 0.833. The second kappa shape index (κ2) is 9.77. The van der Waals surface area contributed by atoms with Crippen molar-refractivity contribution in [3.05, 3.63) is 52.7 Å². The number of rotatable bonds is 6. The molecule has 1 N–H and O–H groups in total. The number of hydrogen-bond acceptors (Lipinski definition) is 5. The molecule has 7 heteroatoms. The normalized spacial score (nSPS) is 16.1. The van der Waals surface area contributed by atoms with Gasteiger partial charge < -0.3 is 14.7 Å². The maximum absolute atomic E-state index is 12.2. The molecule has 1 aliphatic heterocycles. The highest BCUT2D eigenvalue weighted by Crippen LogP contribution is 2.20. The fourth-order valence-corrected chi connectivity index (χ4v) is 3.45. The van der Waals surface area contributed by atoms with E-state index in [0.29, 0.717) is 25.4 Å². The number of benzene rings is 1. The molecule has 0 bridgehead atoms. The number of halogens is 1. The van der Waals surface area contributed by atoms with Gasteiger partial charge in [0, 0.05) is 37.6 Å². The van der Waals surface area contributed by atoms with Crippen LogP contribution in [-0.4, -0.2) is 60.1 Å². The lowest BCUT2D eigenvalue weighted by Gasteiger charge is -2.35.